The highest BCUT2D eigenvalue weighted by molar-refractivity contribution is 5.80. The minimum atomic E-state index is 0.181. The number of fused-ring (bicyclic) bond motifs is 2. The van der Waals surface area contributed by atoms with Gasteiger partial charge in [0, 0.05) is 25.2 Å². The van der Waals surface area contributed by atoms with Gasteiger partial charge < -0.3 is 19.3 Å². The van der Waals surface area contributed by atoms with Crippen LogP contribution >= 0.6 is 0 Å². The van der Waals surface area contributed by atoms with Crippen molar-refractivity contribution < 1.29 is 19.3 Å². The third kappa shape index (κ3) is 3.46. The van der Waals surface area contributed by atoms with Crippen molar-refractivity contribution in [2.75, 3.05) is 27.0 Å². The molecular weight excluding hydrogens is 378 g/mol. The van der Waals surface area contributed by atoms with Gasteiger partial charge in [-0.1, -0.05) is 36.4 Å². The Kier molecular flexibility index (Phi) is 4.97. The predicted octanol–water partition coefficient (Wildman–Crippen LogP) is 4.40. The maximum absolute atomic E-state index is 11.0. The summed E-state index contributed by atoms with van der Waals surface area (Å²) in [6.07, 6.45) is 1.94. The molecule has 3 aromatic carbocycles. The van der Waals surface area contributed by atoms with Gasteiger partial charge in [-0.25, -0.2) is 0 Å². The molecule has 0 radical (unpaired) electrons. The third-order valence-corrected chi connectivity index (χ3v) is 5.98. The number of ether oxygens (including phenoxy) is 3. The normalized spacial score (nSPS) is 15.1. The molecule has 3 aromatic rings. The quantitative estimate of drug-likeness (QED) is 0.684. The molecule has 5 heteroatoms. The van der Waals surface area contributed by atoms with Crippen molar-refractivity contribution in [3.05, 3.63) is 71.3 Å². The topological polar surface area (TPSA) is 51.2 Å². The lowest BCUT2D eigenvalue weighted by Crippen LogP contribution is -2.32. The van der Waals surface area contributed by atoms with Crippen LogP contribution in [0.4, 0.5) is 0 Å². The molecule has 0 aliphatic carbocycles. The van der Waals surface area contributed by atoms with Crippen LogP contribution in [-0.2, 0) is 19.4 Å². The molecule has 2 aliphatic heterocycles. The molecule has 1 N–H and O–H groups in total. The van der Waals surface area contributed by atoms with Crippen LogP contribution in [0.1, 0.15) is 16.7 Å². The molecule has 0 bridgehead atoms. The monoisotopic (exact) mass is 403 g/mol. The zero-order chi connectivity index (χ0) is 20.5. The van der Waals surface area contributed by atoms with E-state index in [1.165, 1.54) is 11.1 Å². The number of hydrogen-bond donors (Lipinski definition) is 1. The predicted molar refractivity (Wildman–Crippen MR) is 115 cm³/mol. The highest BCUT2D eigenvalue weighted by Gasteiger charge is 2.26. The van der Waals surface area contributed by atoms with Gasteiger partial charge in [0.2, 0.25) is 6.79 Å². The Morgan fingerprint density at radius 2 is 1.87 bits per heavy atom. The smallest absolute Gasteiger partial charge is 0.231 e. The van der Waals surface area contributed by atoms with E-state index in [1.807, 2.05) is 24.3 Å². The Hall–Kier alpha value is -3.18. The van der Waals surface area contributed by atoms with Gasteiger partial charge in [0.05, 0.1) is 7.11 Å². The molecule has 0 saturated heterocycles. The van der Waals surface area contributed by atoms with Crippen molar-refractivity contribution in [2.45, 2.75) is 19.4 Å². The van der Waals surface area contributed by atoms with Crippen LogP contribution in [0.3, 0.4) is 0 Å². The summed E-state index contributed by atoms with van der Waals surface area (Å²) in [6, 6.07) is 18.4. The number of phenolic OH excluding ortho intramolecular Hbond substituents is 1. The zero-order valence-corrected chi connectivity index (χ0v) is 17.1. The van der Waals surface area contributed by atoms with Gasteiger partial charge in [0.25, 0.3) is 0 Å². The number of benzene rings is 3. The van der Waals surface area contributed by atoms with E-state index in [0.717, 1.165) is 54.9 Å². The molecule has 2 heterocycles. The van der Waals surface area contributed by atoms with Gasteiger partial charge in [-0.2, -0.15) is 0 Å². The number of hydrogen-bond acceptors (Lipinski definition) is 5. The van der Waals surface area contributed by atoms with Gasteiger partial charge in [-0.05, 0) is 53.3 Å². The van der Waals surface area contributed by atoms with E-state index in [0.29, 0.717) is 11.5 Å². The van der Waals surface area contributed by atoms with Crippen LogP contribution in [0.15, 0.2) is 54.6 Å². The lowest BCUT2D eigenvalue weighted by atomic mass is 9.89. The third-order valence-electron chi connectivity index (χ3n) is 5.98. The average Bonchev–Trinajstić information content (AvgIpc) is 3.26. The minimum absolute atomic E-state index is 0.181. The highest BCUT2D eigenvalue weighted by Crippen LogP contribution is 2.46. The Balaban J connectivity index is 1.48. The van der Waals surface area contributed by atoms with E-state index >= 15 is 0 Å². The standard InChI is InChI=1S/C25H25NO4/c1-28-23-13-18-10-12-26(11-9-17-5-3-2-4-6-17)15-20(18)24(25(23)27)19-7-8-21-22(14-19)30-16-29-21/h2-8,13-14,27H,9-12,15-16H2,1H3. The Morgan fingerprint density at radius 1 is 1.03 bits per heavy atom. The van der Waals surface area contributed by atoms with Crippen LogP contribution in [0.25, 0.3) is 11.1 Å². The van der Waals surface area contributed by atoms with Crippen LogP contribution in [-0.4, -0.2) is 37.0 Å². The zero-order valence-electron chi connectivity index (χ0n) is 17.1. The summed E-state index contributed by atoms with van der Waals surface area (Å²) in [5.41, 5.74) is 5.47. The molecule has 0 aromatic heterocycles. The second-order valence-electron chi connectivity index (χ2n) is 7.77. The van der Waals surface area contributed by atoms with E-state index in [1.54, 1.807) is 7.11 Å². The average molecular weight is 403 g/mol. The first-order valence-corrected chi connectivity index (χ1v) is 10.3. The molecular formula is C25H25NO4. The lowest BCUT2D eigenvalue weighted by Gasteiger charge is -2.31. The molecule has 0 amide bonds. The van der Waals surface area contributed by atoms with Crippen LogP contribution in [0.5, 0.6) is 23.0 Å². The minimum Gasteiger partial charge on any atom is -0.504 e. The van der Waals surface area contributed by atoms with E-state index in [4.69, 9.17) is 14.2 Å². The van der Waals surface area contributed by atoms with E-state index in [-0.39, 0.29) is 12.5 Å². The number of rotatable bonds is 5. The molecule has 30 heavy (non-hydrogen) atoms. The van der Waals surface area contributed by atoms with Crippen molar-refractivity contribution >= 4 is 0 Å². The SMILES string of the molecule is COc1cc2c(c(-c3ccc4c(c3)OCO4)c1O)CN(CCc1ccccc1)CC2. The summed E-state index contributed by atoms with van der Waals surface area (Å²) in [5, 5.41) is 11.0. The fourth-order valence-electron chi connectivity index (χ4n) is 4.37. The van der Waals surface area contributed by atoms with Gasteiger partial charge in [0.1, 0.15) is 0 Å². The molecule has 5 nitrogen and oxygen atoms in total. The molecule has 154 valence electrons. The Labute approximate surface area is 176 Å². The van der Waals surface area contributed by atoms with Crippen LogP contribution in [0.2, 0.25) is 0 Å². The summed E-state index contributed by atoms with van der Waals surface area (Å²) in [4.78, 5) is 2.46. The fourth-order valence-corrected chi connectivity index (χ4v) is 4.37. The van der Waals surface area contributed by atoms with Gasteiger partial charge in [-0.3, -0.25) is 4.90 Å². The second kappa shape index (κ2) is 7.92. The second-order valence-corrected chi connectivity index (χ2v) is 7.77. The molecule has 0 atom stereocenters. The summed E-state index contributed by atoms with van der Waals surface area (Å²) in [5.74, 6) is 2.14. The first kappa shape index (κ1) is 18.8. The van der Waals surface area contributed by atoms with Crippen molar-refractivity contribution in [3.8, 4) is 34.1 Å². The molecule has 0 saturated carbocycles. The number of phenols is 1. The van der Waals surface area contributed by atoms with Crippen molar-refractivity contribution in [3.63, 3.8) is 0 Å². The first-order valence-electron chi connectivity index (χ1n) is 10.3. The summed E-state index contributed by atoms with van der Waals surface area (Å²) in [7, 11) is 1.60. The number of aromatic hydroxyl groups is 1. The van der Waals surface area contributed by atoms with E-state index in [2.05, 4.69) is 35.2 Å². The van der Waals surface area contributed by atoms with Crippen molar-refractivity contribution in [1.29, 1.82) is 0 Å². The Bertz CT molecular complexity index is 1060. The van der Waals surface area contributed by atoms with Crippen LogP contribution < -0.4 is 14.2 Å². The summed E-state index contributed by atoms with van der Waals surface area (Å²) >= 11 is 0. The summed E-state index contributed by atoms with van der Waals surface area (Å²) in [6.45, 7) is 3.00. The fraction of sp³-hybridized carbons (Fsp3) is 0.280. The highest BCUT2D eigenvalue weighted by atomic mass is 16.7. The summed E-state index contributed by atoms with van der Waals surface area (Å²) < 4.78 is 16.5. The molecule has 0 spiro atoms. The molecule has 0 unspecified atom stereocenters. The largest absolute Gasteiger partial charge is 0.504 e. The Morgan fingerprint density at radius 3 is 2.70 bits per heavy atom. The van der Waals surface area contributed by atoms with Crippen LogP contribution in [0, 0.1) is 0 Å². The number of nitrogens with zero attached hydrogens (tertiary/aromatic N) is 1. The molecule has 5 rings (SSSR count). The van der Waals surface area contributed by atoms with Gasteiger partial charge in [0.15, 0.2) is 23.0 Å². The lowest BCUT2D eigenvalue weighted by molar-refractivity contribution is 0.174. The van der Waals surface area contributed by atoms with E-state index < -0.39 is 0 Å². The molecule has 0 fully saturated rings. The van der Waals surface area contributed by atoms with E-state index in [9.17, 15) is 5.11 Å². The van der Waals surface area contributed by atoms with Crippen molar-refractivity contribution in [1.82, 2.24) is 4.90 Å². The first-order chi connectivity index (χ1) is 14.7. The van der Waals surface area contributed by atoms with Gasteiger partial charge >= 0.3 is 0 Å². The number of methoxy groups -OCH3 is 1. The van der Waals surface area contributed by atoms with Crippen molar-refractivity contribution in [2.24, 2.45) is 0 Å². The maximum atomic E-state index is 11.0. The van der Waals surface area contributed by atoms with Gasteiger partial charge in [-0.15, -0.1) is 0 Å². The molecule has 2 aliphatic rings. The maximum Gasteiger partial charge on any atom is 0.231 e.